The van der Waals surface area contributed by atoms with Crippen LogP contribution in [0.25, 0.3) is 5.69 Å². The molecule has 1 aromatic carbocycles. The van der Waals surface area contributed by atoms with Gasteiger partial charge in [-0.2, -0.15) is 9.40 Å². The summed E-state index contributed by atoms with van der Waals surface area (Å²) < 4.78 is 28.9. The van der Waals surface area contributed by atoms with Gasteiger partial charge < -0.3 is 0 Å². The Morgan fingerprint density at radius 2 is 1.75 bits per heavy atom. The summed E-state index contributed by atoms with van der Waals surface area (Å²) >= 11 is 0. The molecule has 0 bridgehead atoms. The third-order valence-electron chi connectivity index (χ3n) is 5.02. The number of hydrogen-bond donors (Lipinski definition) is 0. The standard InChI is InChI=1S/C20H23N5O2S/c1-17-18(16-25(22-17)19-6-3-2-4-7-19)15-23-10-12-24(13-11-23)28(26,27)20-8-5-9-21-14-20/h2-9,14,16H,10-13,15H2,1H3. The van der Waals surface area contributed by atoms with Crippen molar-refractivity contribution in [2.75, 3.05) is 26.2 Å². The second kappa shape index (κ2) is 7.83. The molecular weight excluding hydrogens is 374 g/mol. The molecule has 0 N–H and O–H groups in total. The van der Waals surface area contributed by atoms with Crippen molar-refractivity contribution >= 4 is 10.0 Å². The molecule has 146 valence electrons. The predicted octanol–water partition coefficient (Wildman–Crippen LogP) is 2.08. The number of aryl methyl sites for hydroxylation is 1. The smallest absolute Gasteiger partial charge is 0.244 e. The van der Waals surface area contributed by atoms with E-state index in [0.29, 0.717) is 26.2 Å². The quantitative estimate of drug-likeness (QED) is 0.659. The minimum Gasteiger partial charge on any atom is -0.296 e. The Bertz CT molecular complexity index is 1030. The summed E-state index contributed by atoms with van der Waals surface area (Å²) in [5.41, 5.74) is 3.19. The highest BCUT2D eigenvalue weighted by atomic mass is 32.2. The lowest BCUT2D eigenvalue weighted by molar-refractivity contribution is 0.181. The Hall–Kier alpha value is -2.55. The monoisotopic (exact) mass is 397 g/mol. The van der Waals surface area contributed by atoms with Gasteiger partial charge in [0.15, 0.2) is 0 Å². The molecule has 1 aliphatic rings. The van der Waals surface area contributed by atoms with E-state index in [2.05, 4.69) is 21.2 Å². The SMILES string of the molecule is Cc1nn(-c2ccccc2)cc1CN1CCN(S(=O)(=O)c2cccnc2)CC1. The highest BCUT2D eigenvalue weighted by molar-refractivity contribution is 7.89. The number of benzene rings is 1. The Morgan fingerprint density at radius 1 is 1.00 bits per heavy atom. The Kier molecular flexibility index (Phi) is 5.25. The molecule has 28 heavy (non-hydrogen) atoms. The summed E-state index contributed by atoms with van der Waals surface area (Å²) in [5.74, 6) is 0. The predicted molar refractivity (Wildman–Crippen MR) is 107 cm³/mol. The second-order valence-electron chi connectivity index (χ2n) is 6.89. The first-order valence-corrected chi connectivity index (χ1v) is 10.7. The molecule has 8 heteroatoms. The molecule has 0 saturated carbocycles. The highest BCUT2D eigenvalue weighted by Gasteiger charge is 2.28. The zero-order valence-electron chi connectivity index (χ0n) is 15.8. The maximum Gasteiger partial charge on any atom is 0.244 e. The molecule has 4 rings (SSSR count). The molecule has 1 fully saturated rings. The van der Waals surface area contributed by atoms with Gasteiger partial charge in [-0.3, -0.25) is 9.88 Å². The molecule has 0 amide bonds. The molecule has 0 unspecified atom stereocenters. The lowest BCUT2D eigenvalue weighted by Crippen LogP contribution is -2.48. The van der Waals surface area contributed by atoms with Crippen LogP contribution in [0.15, 0.2) is 66.0 Å². The summed E-state index contributed by atoms with van der Waals surface area (Å²) in [7, 11) is -3.47. The van der Waals surface area contributed by atoms with Crippen LogP contribution in [-0.2, 0) is 16.6 Å². The number of aromatic nitrogens is 3. The molecule has 1 aliphatic heterocycles. The van der Waals surface area contributed by atoms with E-state index in [1.807, 2.05) is 41.9 Å². The van der Waals surface area contributed by atoms with E-state index in [1.165, 1.54) is 6.20 Å². The third kappa shape index (κ3) is 3.84. The van der Waals surface area contributed by atoms with E-state index >= 15 is 0 Å². The molecule has 0 spiro atoms. The van der Waals surface area contributed by atoms with Crippen LogP contribution in [0, 0.1) is 6.92 Å². The molecular formula is C20H23N5O2S. The zero-order chi connectivity index (χ0) is 19.6. The second-order valence-corrected chi connectivity index (χ2v) is 8.83. The summed E-state index contributed by atoms with van der Waals surface area (Å²) in [4.78, 5) is 6.45. The van der Waals surface area contributed by atoms with Gasteiger partial charge in [-0.1, -0.05) is 18.2 Å². The van der Waals surface area contributed by atoms with Crippen molar-refractivity contribution in [3.63, 3.8) is 0 Å². The number of pyridine rings is 1. The van der Waals surface area contributed by atoms with E-state index in [9.17, 15) is 8.42 Å². The van der Waals surface area contributed by atoms with Crippen LogP contribution in [-0.4, -0.2) is 58.6 Å². The largest absolute Gasteiger partial charge is 0.296 e. The fourth-order valence-electron chi connectivity index (χ4n) is 3.38. The van der Waals surface area contributed by atoms with Crippen molar-refractivity contribution in [3.05, 3.63) is 72.3 Å². The fourth-order valence-corrected chi connectivity index (χ4v) is 4.77. The maximum absolute atomic E-state index is 12.7. The van der Waals surface area contributed by atoms with Crippen molar-refractivity contribution in [2.24, 2.45) is 0 Å². The van der Waals surface area contributed by atoms with Gasteiger partial charge >= 0.3 is 0 Å². The summed E-state index contributed by atoms with van der Waals surface area (Å²) in [6.45, 7) is 5.11. The van der Waals surface area contributed by atoms with Gasteiger partial charge in [0.2, 0.25) is 10.0 Å². The van der Waals surface area contributed by atoms with Gasteiger partial charge in [-0.05, 0) is 31.2 Å². The van der Waals surface area contributed by atoms with Crippen molar-refractivity contribution in [3.8, 4) is 5.69 Å². The lowest BCUT2D eigenvalue weighted by atomic mass is 10.2. The van der Waals surface area contributed by atoms with Crippen molar-refractivity contribution in [2.45, 2.75) is 18.4 Å². The maximum atomic E-state index is 12.7. The van der Waals surface area contributed by atoms with Gasteiger partial charge in [0.25, 0.3) is 0 Å². The normalized spacial score (nSPS) is 16.3. The molecule has 1 saturated heterocycles. The van der Waals surface area contributed by atoms with Gasteiger partial charge in [0.1, 0.15) is 4.90 Å². The Morgan fingerprint density at radius 3 is 2.43 bits per heavy atom. The van der Waals surface area contributed by atoms with Gasteiger partial charge in [0.05, 0.1) is 11.4 Å². The number of hydrogen-bond acceptors (Lipinski definition) is 5. The molecule has 3 heterocycles. The van der Waals surface area contributed by atoms with E-state index < -0.39 is 10.0 Å². The molecule has 0 radical (unpaired) electrons. The first-order valence-electron chi connectivity index (χ1n) is 9.27. The number of piperazine rings is 1. The Balaban J connectivity index is 1.41. The van der Waals surface area contributed by atoms with Gasteiger partial charge in [0, 0.05) is 56.9 Å². The highest BCUT2D eigenvalue weighted by Crippen LogP contribution is 2.19. The fraction of sp³-hybridized carbons (Fsp3) is 0.300. The number of para-hydroxylation sites is 1. The van der Waals surface area contributed by atoms with E-state index in [-0.39, 0.29) is 4.90 Å². The van der Waals surface area contributed by atoms with Crippen molar-refractivity contribution in [1.82, 2.24) is 24.0 Å². The van der Waals surface area contributed by atoms with Crippen molar-refractivity contribution in [1.29, 1.82) is 0 Å². The van der Waals surface area contributed by atoms with E-state index in [0.717, 1.165) is 23.5 Å². The number of nitrogens with zero attached hydrogens (tertiary/aromatic N) is 5. The molecule has 2 aromatic heterocycles. The average Bonchev–Trinajstić information content (AvgIpc) is 3.10. The van der Waals surface area contributed by atoms with Crippen LogP contribution in [0.2, 0.25) is 0 Å². The van der Waals surface area contributed by atoms with Crippen LogP contribution in [0.1, 0.15) is 11.3 Å². The van der Waals surface area contributed by atoms with Crippen molar-refractivity contribution < 1.29 is 8.42 Å². The number of rotatable bonds is 5. The van der Waals surface area contributed by atoms with Crippen LogP contribution >= 0.6 is 0 Å². The summed E-state index contributed by atoms with van der Waals surface area (Å²) in [6.07, 6.45) is 5.04. The third-order valence-corrected chi connectivity index (χ3v) is 6.90. The first kappa shape index (κ1) is 18.8. The first-order chi connectivity index (χ1) is 13.5. The molecule has 0 aliphatic carbocycles. The average molecular weight is 398 g/mol. The Labute approximate surface area is 165 Å². The molecule has 0 atom stereocenters. The van der Waals surface area contributed by atoms with Crippen LogP contribution < -0.4 is 0 Å². The van der Waals surface area contributed by atoms with E-state index in [1.54, 1.807) is 22.6 Å². The minimum absolute atomic E-state index is 0.253. The molecule has 3 aromatic rings. The van der Waals surface area contributed by atoms with Crippen LogP contribution in [0.3, 0.4) is 0 Å². The zero-order valence-corrected chi connectivity index (χ0v) is 16.6. The lowest BCUT2D eigenvalue weighted by Gasteiger charge is -2.33. The molecule has 7 nitrogen and oxygen atoms in total. The van der Waals surface area contributed by atoms with Gasteiger partial charge in [-0.25, -0.2) is 13.1 Å². The summed E-state index contributed by atoms with van der Waals surface area (Å²) in [5, 5.41) is 4.62. The minimum atomic E-state index is -3.47. The summed E-state index contributed by atoms with van der Waals surface area (Å²) in [6, 6.07) is 13.3. The van der Waals surface area contributed by atoms with E-state index in [4.69, 9.17) is 0 Å². The van der Waals surface area contributed by atoms with Gasteiger partial charge in [-0.15, -0.1) is 0 Å². The topological polar surface area (TPSA) is 71.3 Å². The van der Waals surface area contributed by atoms with Crippen LogP contribution in [0.5, 0.6) is 0 Å². The van der Waals surface area contributed by atoms with Crippen LogP contribution in [0.4, 0.5) is 0 Å². The number of sulfonamides is 1.